The molecule has 2 aromatic heterocycles. The molecule has 0 bridgehead atoms. The number of hydrogen-bond donors (Lipinski definition) is 3. The first kappa shape index (κ1) is 15.9. The van der Waals surface area contributed by atoms with Crippen molar-refractivity contribution in [1.29, 1.82) is 0 Å². The average Bonchev–Trinajstić information content (AvgIpc) is 3.60. The van der Waals surface area contributed by atoms with Crippen molar-refractivity contribution in [3.05, 3.63) is 36.2 Å². The highest BCUT2D eigenvalue weighted by Gasteiger charge is 2.38. The molecule has 0 radical (unpaired) electrons. The van der Waals surface area contributed by atoms with Gasteiger partial charge in [-0.25, -0.2) is 18.4 Å². The van der Waals surface area contributed by atoms with Gasteiger partial charge in [0.25, 0.3) is 5.91 Å². The van der Waals surface area contributed by atoms with Crippen LogP contribution in [0.3, 0.4) is 0 Å². The smallest absolute Gasteiger partial charge is 0.254 e. The molecule has 0 aromatic carbocycles. The SMILES string of the molecule is [2H]C([2H])([2H])NC(=O)c1cnc(NC(=O)C2CC2)cc1Nc1ncccc1S(=O)(=O)C1CC1. The Hall–Kier alpha value is -3.01. The largest absolute Gasteiger partial charge is 0.355 e. The number of pyridine rings is 2. The molecule has 9 nitrogen and oxygen atoms in total. The molecule has 2 aromatic rings. The van der Waals surface area contributed by atoms with Crippen molar-refractivity contribution in [3.63, 3.8) is 0 Å². The number of carbonyl (C=O) groups is 2. The van der Waals surface area contributed by atoms with Crippen LogP contribution in [0, 0.1) is 5.92 Å². The lowest BCUT2D eigenvalue weighted by atomic mass is 10.2. The summed E-state index contributed by atoms with van der Waals surface area (Å²) in [6.07, 6.45) is 5.21. The lowest BCUT2D eigenvalue weighted by Gasteiger charge is -2.15. The van der Waals surface area contributed by atoms with Gasteiger partial charge in [-0.1, -0.05) is 0 Å². The number of nitrogens with zero attached hydrogens (tertiary/aromatic N) is 2. The highest BCUT2D eigenvalue weighted by molar-refractivity contribution is 7.92. The van der Waals surface area contributed by atoms with Crippen molar-refractivity contribution in [2.45, 2.75) is 35.8 Å². The molecule has 29 heavy (non-hydrogen) atoms. The number of carbonyl (C=O) groups excluding carboxylic acids is 2. The van der Waals surface area contributed by atoms with Gasteiger partial charge in [-0.15, -0.1) is 0 Å². The van der Waals surface area contributed by atoms with Crippen LogP contribution in [-0.4, -0.2) is 42.4 Å². The molecule has 4 rings (SSSR count). The Labute approximate surface area is 172 Å². The third kappa shape index (κ3) is 4.07. The molecule has 2 saturated carbocycles. The van der Waals surface area contributed by atoms with Crippen molar-refractivity contribution >= 4 is 39.0 Å². The first-order chi connectivity index (χ1) is 15.0. The van der Waals surface area contributed by atoms with E-state index in [2.05, 4.69) is 20.6 Å². The highest BCUT2D eigenvalue weighted by Crippen LogP contribution is 2.37. The second kappa shape index (κ2) is 7.43. The summed E-state index contributed by atoms with van der Waals surface area (Å²) in [6, 6.07) is 4.26. The molecule has 2 aliphatic carbocycles. The molecule has 0 spiro atoms. The Balaban J connectivity index is 1.70. The van der Waals surface area contributed by atoms with E-state index in [1.807, 2.05) is 5.32 Å². The zero-order valence-electron chi connectivity index (χ0n) is 18.3. The van der Waals surface area contributed by atoms with Gasteiger partial charge >= 0.3 is 0 Å². The maximum atomic E-state index is 12.8. The Morgan fingerprint density at radius 1 is 1.21 bits per heavy atom. The second-order valence-corrected chi connectivity index (χ2v) is 9.25. The Morgan fingerprint density at radius 3 is 2.69 bits per heavy atom. The van der Waals surface area contributed by atoms with E-state index < -0.39 is 28.0 Å². The van der Waals surface area contributed by atoms with Crippen LogP contribution in [0.1, 0.15) is 40.2 Å². The van der Waals surface area contributed by atoms with Gasteiger partial charge in [0.05, 0.1) is 16.5 Å². The van der Waals surface area contributed by atoms with Crippen LogP contribution in [0.2, 0.25) is 0 Å². The first-order valence-corrected chi connectivity index (χ1v) is 10.7. The number of anilines is 3. The van der Waals surface area contributed by atoms with Crippen molar-refractivity contribution in [1.82, 2.24) is 15.3 Å². The summed E-state index contributed by atoms with van der Waals surface area (Å²) in [4.78, 5) is 32.8. The van der Waals surface area contributed by atoms with Crippen molar-refractivity contribution in [2.75, 3.05) is 17.6 Å². The molecule has 2 aliphatic rings. The fourth-order valence-corrected chi connectivity index (χ4v) is 4.61. The van der Waals surface area contributed by atoms with Gasteiger partial charge in [0.2, 0.25) is 5.91 Å². The zero-order chi connectivity index (χ0) is 23.1. The summed E-state index contributed by atoms with van der Waals surface area (Å²) in [5.41, 5.74) is -0.0928. The highest BCUT2D eigenvalue weighted by atomic mass is 32.2. The minimum Gasteiger partial charge on any atom is -0.355 e. The maximum absolute atomic E-state index is 12.8. The fraction of sp³-hybridized carbons (Fsp3) is 0.368. The Bertz CT molecular complexity index is 1180. The molecule has 0 unspecified atom stereocenters. The van der Waals surface area contributed by atoms with Gasteiger partial charge in [-0.3, -0.25) is 9.59 Å². The van der Waals surface area contributed by atoms with E-state index in [1.165, 1.54) is 24.4 Å². The average molecular weight is 418 g/mol. The van der Waals surface area contributed by atoms with E-state index in [0.717, 1.165) is 19.0 Å². The standard InChI is InChI=1S/C19H21N5O4S/c1-20-19(26)13-10-22-16(24-18(25)11-4-5-11)9-14(13)23-17-15(3-2-8-21-17)29(27,28)12-6-7-12/h2-3,8-12H,4-7H2,1H3,(H,20,26)(H2,21,22,23,24,25)/i1D3. The molecule has 3 N–H and O–H groups in total. The molecule has 0 atom stereocenters. The molecule has 0 aliphatic heterocycles. The summed E-state index contributed by atoms with van der Waals surface area (Å²) in [5.74, 6) is -1.11. The van der Waals surface area contributed by atoms with Crippen LogP contribution in [0.5, 0.6) is 0 Å². The summed E-state index contributed by atoms with van der Waals surface area (Å²) in [5, 5.41) is 6.88. The van der Waals surface area contributed by atoms with Crippen molar-refractivity contribution in [3.8, 4) is 0 Å². The van der Waals surface area contributed by atoms with E-state index in [4.69, 9.17) is 4.11 Å². The fourth-order valence-electron chi connectivity index (χ4n) is 2.85. The number of aromatic nitrogens is 2. The molecule has 2 amide bonds. The molecular weight excluding hydrogens is 394 g/mol. The summed E-state index contributed by atoms with van der Waals surface area (Å²) in [6.45, 7) is -2.74. The number of hydrogen-bond acceptors (Lipinski definition) is 7. The monoisotopic (exact) mass is 418 g/mol. The maximum Gasteiger partial charge on any atom is 0.254 e. The first-order valence-electron chi connectivity index (χ1n) is 10.6. The van der Waals surface area contributed by atoms with E-state index in [-0.39, 0.29) is 39.6 Å². The Morgan fingerprint density at radius 2 is 2.00 bits per heavy atom. The predicted molar refractivity (Wildman–Crippen MR) is 107 cm³/mol. The minimum absolute atomic E-state index is 0.00648. The molecule has 152 valence electrons. The van der Waals surface area contributed by atoms with Crippen LogP contribution in [0.15, 0.2) is 35.5 Å². The lowest BCUT2D eigenvalue weighted by Crippen LogP contribution is -2.21. The molecule has 0 saturated heterocycles. The number of rotatable bonds is 7. The molecule has 2 fully saturated rings. The summed E-state index contributed by atoms with van der Waals surface area (Å²) < 4.78 is 47.4. The third-order valence-electron chi connectivity index (χ3n) is 4.76. The van der Waals surface area contributed by atoms with Crippen LogP contribution in [0.25, 0.3) is 0 Å². The van der Waals surface area contributed by atoms with Crippen molar-refractivity contribution in [2.24, 2.45) is 5.92 Å². The van der Waals surface area contributed by atoms with Gasteiger partial charge in [-0.05, 0) is 37.8 Å². The van der Waals surface area contributed by atoms with Gasteiger partial charge in [0, 0.05) is 35.5 Å². The van der Waals surface area contributed by atoms with E-state index in [0.29, 0.717) is 12.8 Å². The lowest BCUT2D eigenvalue weighted by molar-refractivity contribution is -0.117. The van der Waals surface area contributed by atoms with Gasteiger partial charge in [0.15, 0.2) is 9.84 Å². The Kier molecular flexibility index (Phi) is 4.06. The minimum atomic E-state index is -3.61. The second-order valence-electron chi connectivity index (χ2n) is 7.05. The summed E-state index contributed by atoms with van der Waals surface area (Å²) >= 11 is 0. The van der Waals surface area contributed by atoms with Crippen LogP contribution >= 0.6 is 0 Å². The van der Waals surface area contributed by atoms with Crippen molar-refractivity contribution < 1.29 is 22.1 Å². The molecular formula is C19H21N5O4S. The normalized spacial score (nSPS) is 18.1. The number of nitrogens with one attached hydrogen (secondary N) is 3. The molecule has 10 heteroatoms. The van der Waals surface area contributed by atoms with Crippen LogP contribution < -0.4 is 16.0 Å². The van der Waals surface area contributed by atoms with E-state index in [1.54, 1.807) is 0 Å². The number of sulfone groups is 1. The van der Waals surface area contributed by atoms with E-state index in [9.17, 15) is 18.0 Å². The topological polar surface area (TPSA) is 130 Å². The van der Waals surface area contributed by atoms with E-state index >= 15 is 0 Å². The predicted octanol–water partition coefficient (Wildman–Crippen LogP) is 1.86. The van der Waals surface area contributed by atoms with Gasteiger partial charge in [-0.2, -0.15) is 0 Å². The molecule has 2 heterocycles. The quantitative estimate of drug-likeness (QED) is 0.626. The van der Waals surface area contributed by atoms with Gasteiger partial charge in [0.1, 0.15) is 16.5 Å². The van der Waals surface area contributed by atoms with Gasteiger partial charge < -0.3 is 16.0 Å². The third-order valence-corrected chi connectivity index (χ3v) is 7.05. The zero-order valence-corrected chi connectivity index (χ0v) is 16.1. The van der Waals surface area contributed by atoms with Crippen LogP contribution in [0.4, 0.5) is 17.3 Å². The van der Waals surface area contributed by atoms with Crippen LogP contribution in [-0.2, 0) is 14.6 Å². The number of amides is 2. The summed E-state index contributed by atoms with van der Waals surface area (Å²) in [7, 11) is -3.61.